The van der Waals surface area contributed by atoms with Gasteiger partial charge in [-0.25, -0.2) is 0 Å². The van der Waals surface area contributed by atoms with Gasteiger partial charge in [0.25, 0.3) is 0 Å². The van der Waals surface area contributed by atoms with E-state index in [0.717, 1.165) is 25.7 Å². The molecule has 24 heavy (non-hydrogen) atoms. The largest absolute Gasteiger partial charge is 0.390 e. The minimum Gasteiger partial charge on any atom is -0.390 e. The minimum absolute atomic E-state index is 0.125. The molecule has 0 aliphatic carbocycles. The smallest absolute Gasteiger partial charge is 0.380 e. The van der Waals surface area contributed by atoms with Gasteiger partial charge >= 0.3 is 23.7 Å². The Kier molecular flexibility index (Phi) is 8.97. The summed E-state index contributed by atoms with van der Waals surface area (Å²) in [6.45, 7) is -0.637. The van der Waals surface area contributed by atoms with Crippen LogP contribution in [0.2, 0.25) is 0 Å². The van der Waals surface area contributed by atoms with Crippen molar-refractivity contribution >= 4 is 0 Å². The van der Waals surface area contributed by atoms with Crippen LogP contribution in [0, 0.1) is 0 Å². The number of aliphatic hydroxyl groups is 1. The molecule has 0 atom stereocenters. The molecule has 0 unspecified atom stereocenters. The number of hydrogen-bond donors (Lipinski definition) is 1. The lowest BCUT2D eigenvalue weighted by atomic mass is 9.94. The van der Waals surface area contributed by atoms with Gasteiger partial charge in [-0.3, -0.25) is 0 Å². The second kappa shape index (κ2) is 9.20. The number of aliphatic hydroxyl groups excluding tert-OH is 1. The Labute approximate surface area is 136 Å². The third kappa shape index (κ3) is 5.46. The molecule has 146 valence electrons. The molecule has 0 saturated heterocycles. The lowest BCUT2D eigenvalue weighted by Gasteiger charge is -2.36. The van der Waals surface area contributed by atoms with Crippen LogP contribution in [0.4, 0.5) is 35.1 Å². The fourth-order valence-electron chi connectivity index (χ4n) is 2.20. The zero-order valence-electron chi connectivity index (χ0n) is 13.5. The first kappa shape index (κ1) is 23.4. The summed E-state index contributed by atoms with van der Waals surface area (Å²) in [5.41, 5.74) is 0. The molecule has 0 radical (unpaired) electrons. The Balaban J connectivity index is 4.53. The molecule has 1 N–H and O–H groups in total. The molecule has 0 rings (SSSR count). The van der Waals surface area contributed by atoms with Crippen molar-refractivity contribution in [3.05, 3.63) is 0 Å². The number of hydrogen-bond acceptors (Lipinski definition) is 1. The molecule has 0 aromatic carbocycles. The van der Waals surface area contributed by atoms with Crippen LogP contribution in [0.25, 0.3) is 0 Å². The Bertz CT molecular complexity index is 357. The maximum atomic E-state index is 13.4. The summed E-state index contributed by atoms with van der Waals surface area (Å²) in [7, 11) is 0. The van der Waals surface area contributed by atoms with E-state index in [1.807, 2.05) is 6.92 Å². The third-order valence-electron chi connectivity index (χ3n) is 3.86. The summed E-state index contributed by atoms with van der Waals surface area (Å²) in [5, 5.41) is 8.09. The van der Waals surface area contributed by atoms with E-state index in [1.54, 1.807) is 0 Å². The van der Waals surface area contributed by atoms with Crippen LogP contribution in [-0.2, 0) is 0 Å². The van der Waals surface area contributed by atoms with Gasteiger partial charge < -0.3 is 5.11 Å². The predicted molar refractivity (Wildman–Crippen MR) is 74.1 cm³/mol. The Morgan fingerprint density at radius 1 is 0.583 bits per heavy atom. The molecule has 0 aromatic rings. The van der Waals surface area contributed by atoms with E-state index < -0.39 is 43.1 Å². The lowest BCUT2D eigenvalue weighted by molar-refractivity contribution is -0.371. The molecule has 0 aromatic heterocycles. The van der Waals surface area contributed by atoms with Crippen molar-refractivity contribution in [2.75, 3.05) is 6.61 Å². The highest BCUT2D eigenvalue weighted by Crippen LogP contribution is 2.53. The quantitative estimate of drug-likeness (QED) is 0.308. The molecule has 0 heterocycles. The highest BCUT2D eigenvalue weighted by Gasteiger charge is 2.79. The van der Waals surface area contributed by atoms with Gasteiger partial charge in [0.15, 0.2) is 0 Å². The number of rotatable bonds is 13. The minimum atomic E-state index is -6.35. The summed E-state index contributed by atoms with van der Waals surface area (Å²) in [6.07, 6.45) is 3.10. The summed E-state index contributed by atoms with van der Waals surface area (Å²) >= 11 is 0. The van der Waals surface area contributed by atoms with E-state index >= 15 is 0 Å². The van der Waals surface area contributed by atoms with Gasteiger partial charge in [0.05, 0.1) is 0 Å². The van der Waals surface area contributed by atoms with Crippen LogP contribution >= 0.6 is 0 Å². The first-order chi connectivity index (χ1) is 10.9. The van der Waals surface area contributed by atoms with Crippen molar-refractivity contribution in [1.82, 2.24) is 0 Å². The summed E-state index contributed by atoms with van der Waals surface area (Å²) in [6, 6.07) is 0. The van der Waals surface area contributed by atoms with Crippen LogP contribution in [0.1, 0.15) is 64.7 Å². The van der Waals surface area contributed by atoms with Crippen molar-refractivity contribution in [3.8, 4) is 0 Å². The van der Waals surface area contributed by atoms with Crippen LogP contribution in [0.5, 0.6) is 0 Å². The van der Waals surface area contributed by atoms with Gasteiger partial charge in [-0.2, -0.15) is 35.1 Å². The maximum absolute atomic E-state index is 13.4. The fourth-order valence-corrected chi connectivity index (χ4v) is 2.20. The number of alkyl halides is 8. The maximum Gasteiger partial charge on any atom is 0.380 e. The monoisotopic (exact) mass is 372 g/mol. The Morgan fingerprint density at radius 2 is 0.958 bits per heavy atom. The van der Waals surface area contributed by atoms with E-state index in [-0.39, 0.29) is 6.42 Å². The first-order valence-electron chi connectivity index (χ1n) is 7.99. The Hall–Kier alpha value is -0.600. The van der Waals surface area contributed by atoms with E-state index in [1.165, 1.54) is 0 Å². The standard InChI is InChI=1S/C15H24F8O/c1-2-3-4-5-6-7-8-9-10-12(16,17)14(20,21)15(22,23)13(18,19)11-24/h24H,2-11H2,1H3. The molecule has 0 amide bonds. The topological polar surface area (TPSA) is 20.2 Å². The van der Waals surface area contributed by atoms with Gasteiger partial charge in [-0.1, -0.05) is 51.9 Å². The third-order valence-corrected chi connectivity index (χ3v) is 3.86. The zero-order valence-corrected chi connectivity index (χ0v) is 13.5. The summed E-state index contributed by atoms with van der Waals surface area (Å²) < 4.78 is 105. The van der Waals surface area contributed by atoms with Crippen molar-refractivity contribution in [1.29, 1.82) is 0 Å². The molecule has 0 spiro atoms. The van der Waals surface area contributed by atoms with Crippen molar-refractivity contribution < 1.29 is 40.2 Å². The van der Waals surface area contributed by atoms with E-state index in [0.29, 0.717) is 12.8 Å². The van der Waals surface area contributed by atoms with Crippen molar-refractivity contribution in [2.24, 2.45) is 0 Å². The van der Waals surface area contributed by atoms with Gasteiger partial charge in [-0.05, 0) is 6.42 Å². The van der Waals surface area contributed by atoms with Crippen molar-refractivity contribution in [2.45, 2.75) is 88.4 Å². The van der Waals surface area contributed by atoms with Gasteiger partial charge in [0.1, 0.15) is 6.61 Å². The molecular weight excluding hydrogens is 348 g/mol. The van der Waals surface area contributed by atoms with Crippen LogP contribution in [0.15, 0.2) is 0 Å². The molecule has 0 saturated carbocycles. The van der Waals surface area contributed by atoms with Crippen LogP contribution < -0.4 is 0 Å². The molecule has 0 bridgehead atoms. The molecule has 0 fully saturated rings. The van der Waals surface area contributed by atoms with Crippen LogP contribution in [0.3, 0.4) is 0 Å². The van der Waals surface area contributed by atoms with Gasteiger partial charge in [-0.15, -0.1) is 0 Å². The lowest BCUT2D eigenvalue weighted by Crippen LogP contribution is -2.63. The SMILES string of the molecule is CCCCCCCCCCC(F)(F)C(F)(F)C(F)(F)C(F)(F)CO. The zero-order chi connectivity index (χ0) is 19.1. The summed E-state index contributed by atoms with van der Waals surface area (Å²) in [4.78, 5) is 0. The molecule has 1 nitrogen and oxygen atoms in total. The number of unbranched alkanes of at least 4 members (excludes halogenated alkanes) is 7. The fraction of sp³-hybridized carbons (Fsp3) is 1.00. The van der Waals surface area contributed by atoms with Crippen LogP contribution in [-0.4, -0.2) is 35.4 Å². The normalized spacial score (nSPS) is 14.2. The average Bonchev–Trinajstić information content (AvgIpc) is 2.49. The van der Waals surface area contributed by atoms with Gasteiger partial charge in [0, 0.05) is 6.42 Å². The average molecular weight is 372 g/mol. The first-order valence-corrected chi connectivity index (χ1v) is 7.99. The van der Waals surface area contributed by atoms with Crippen molar-refractivity contribution in [3.63, 3.8) is 0 Å². The van der Waals surface area contributed by atoms with Gasteiger partial charge in [0.2, 0.25) is 0 Å². The second-order valence-corrected chi connectivity index (χ2v) is 5.94. The molecule has 0 aliphatic heterocycles. The Morgan fingerprint density at radius 3 is 1.38 bits per heavy atom. The van der Waals surface area contributed by atoms with E-state index in [9.17, 15) is 35.1 Å². The second-order valence-electron chi connectivity index (χ2n) is 5.94. The van der Waals surface area contributed by atoms with E-state index in [2.05, 4.69) is 0 Å². The predicted octanol–water partition coefficient (Wildman–Crippen LogP) is 6.05. The summed E-state index contributed by atoms with van der Waals surface area (Å²) in [5.74, 6) is -23.5. The highest BCUT2D eigenvalue weighted by molar-refractivity contribution is 5.03. The number of halogens is 8. The molecular formula is C15H24F8O. The molecule has 0 aliphatic rings. The van der Waals surface area contributed by atoms with E-state index in [4.69, 9.17) is 5.11 Å². The highest BCUT2D eigenvalue weighted by atomic mass is 19.4. The molecule has 9 heteroatoms.